The van der Waals surface area contributed by atoms with Gasteiger partial charge in [0, 0.05) is 42.9 Å². The highest BCUT2D eigenvalue weighted by Crippen LogP contribution is 2.29. The van der Waals surface area contributed by atoms with Gasteiger partial charge in [0.1, 0.15) is 5.69 Å². The Morgan fingerprint density at radius 3 is 2.62 bits per heavy atom. The minimum Gasteiger partial charge on any atom is -0.342 e. The Balaban J connectivity index is 1.76. The number of amides is 1. The molecule has 6 heteroatoms. The van der Waals surface area contributed by atoms with Crippen molar-refractivity contribution in [2.24, 2.45) is 5.41 Å². The maximum atomic E-state index is 12.6. The van der Waals surface area contributed by atoms with Gasteiger partial charge in [-0.3, -0.25) is 19.4 Å². The van der Waals surface area contributed by atoms with Gasteiger partial charge in [0.25, 0.3) is 0 Å². The SMILES string of the molecule is CC(C)n1nccc1-c1cnc([C@@H]2CCCN(C(=O)C(C)(C)C)C2)cn1. The van der Waals surface area contributed by atoms with E-state index in [1.807, 2.05) is 48.8 Å². The van der Waals surface area contributed by atoms with Gasteiger partial charge in [-0.15, -0.1) is 0 Å². The van der Waals surface area contributed by atoms with Crippen molar-refractivity contribution in [1.82, 2.24) is 24.6 Å². The van der Waals surface area contributed by atoms with Crippen LogP contribution in [0.1, 0.15) is 65.1 Å². The number of hydrogen-bond donors (Lipinski definition) is 0. The normalized spacial score (nSPS) is 18.4. The fraction of sp³-hybridized carbons (Fsp3) is 0.600. The van der Waals surface area contributed by atoms with E-state index in [1.165, 1.54) is 0 Å². The van der Waals surface area contributed by atoms with Crippen LogP contribution in [-0.4, -0.2) is 43.6 Å². The Morgan fingerprint density at radius 2 is 2.00 bits per heavy atom. The van der Waals surface area contributed by atoms with Gasteiger partial charge in [-0.1, -0.05) is 20.8 Å². The van der Waals surface area contributed by atoms with Gasteiger partial charge in [-0.05, 0) is 32.8 Å². The zero-order valence-electron chi connectivity index (χ0n) is 16.4. The molecular weight excluding hydrogens is 326 g/mol. The molecule has 0 aromatic carbocycles. The average molecular weight is 355 g/mol. The van der Waals surface area contributed by atoms with Crippen LogP contribution in [0.4, 0.5) is 0 Å². The van der Waals surface area contributed by atoms with Gasteiger partial charge < -0.3 is 4.90 Å². The third kappa shape index (κ3) is 3.79. The molecule has 0 N–H and O–H groups in total. The Bertz CT molecular complexity index is 757. The van der Waals surface area contributed by atoms with E-state index in [2.05, 4.69) is 28.9 Å². The van der Waals surface area contributed by atoms with E-state index in [9.17, 15) is 4.79 Å². The van der Waals surface area contributed by atoms with Crippen molar-refractivity contribution in [3.63, 3.8) is 0 Å². The molecule has 0 radical (unpaired) electrons. The lowest BCUT2D eigenvalue weighted by Crippen LogP contribution is -2.44. The number of aromatic nitrogens is 4. The van der Waals surface area contributed by atoms with Crippen molar-refractivity contribution in [3.8, 4) is 11.4 Å². The lowest BCUT2D eigenvalue weighted by atomic mass is 9.90. The van der Waals surface area contributed by atoms with E-state index in [-0.39, 0.29) is 23.3 Å². The number of rotatable bonds is 3. The second-order valence-electron chi connectivity index (χ2n) is 8.42. The van der Waals surface area contributed by atoms with Gasteiger partial charge in [-0.2, -0.15) is 5.10 Å². The Hall–Kier alpha value is -2.24. The molecule has 1 amide bonds. The van der Waals surface area contributed by atoms with Gasteiger partial charge in [0.05, 0.1) is 17.6 Å². The minimum atomic E-state index is -0.341. The Kier molecular flexibility index (Phi) is 5.12. The lowest BCUT2D eigenvalue weighted by molar-refractivity contribution is -0.140. The summed E-state index contributed by atoms with van der Waals surface area (Å²) >= 11 is 0. The van der Waals surface area contributed by atoms with Crippen LogP contribution in [-0.2, 0) is 4.79 Å². The molecule has 2 aromatic rings. The summed E-state index contributed by atoms with van der Waals surface area (Å²) in [6.45, 7) is 11.7. The van der Waals surface area contributed by atoms with Crippen molar-refractivity contribution in [3.05, 3.63) is 30.4 Å². The molecule has 6 nitrogen and oxygen atoms in total. The summed E-state index contributed by atoms with van der Waals surface area (Å²) in [6, 6.07) is 2.24. The van der Waals surface area contributed by atoms with E-state index in [0.29, 0.717) is 0 Å². The number of piperidine rings is 1. The molecule has 0 bridgehead atoms. The summed E-state index contributed by atoms with van der Waals surface area (Å²) in [5.74, 6) is 0.472. The number of carbonyl (C=O) groups is 1. The standard InChI is InChI=1S/C20H29N5O/c1-14(2)25-18(8-9-23-25)17-12-21-16(11-22-17)15-7-6-10-24(13-15)19(26)20(3,4)5/h8-9,11-12,14-15H,6-7,10,13H2,1-5H3/t15-/m1/s1. The molecule has 1 aliphatic heterocycles. The summed E-state index contributed by atoms with van der Waals surface area (Å²) in [6.07, 6.45) is 7.54. The van der Waals surface area contributed by atoms with E-state index in [4.69, 9.17) is 0 Å². The molecule has 0 saturated carbocycles. The zero-order chi connectivity index (χ0) is 18.9. The van der Waals surface area contributed by atoms with E-state index < -0.39 is 0 Å². The largest absolute Gasteiger partial charge is 0.342 e. The molecular formula is C20H29N5O. The Labute approximate surface area is 155 Å². The average Bonchev–Trinajstić information content (AvgIpc) is 3.10. The second-order valence-corrected chi connectivity index (χ2v) is 8.42. The molecule has 0 spiro atoms. The highest BCUT2D eigenvalue weighted by atomic mass is 16.2. The summed E-state index contributed by atoms with van der Waals surface area (Å²) in [5, 5.41) is 4.36. The highest BCUT2D eigenvalue weighted by Gasteiger charge is 2.32. The van der Waals surface area contributed by atoms with Crippen LogP contribution in [0.25, 0.3) is 11.4 Å². The summed E-state index contributed by atoms with van der Waals surface area (Å²) in [5.41, 5.74) is 2.44. The van der Waals surface area contributed by atoms with Gasteiger partial charge in [0.2, 0.25) is 5.91 Å². The molecule has 3 rings (SSSR count). The molecule has 1 fully saturated rings. The molecule has 26 heavy (non-hydrogen) atoms. The topological polar surface area (TPSA) is 63.9 Å². The minimum absolute atomic E-state index is 0.215. The maximum Gasteiger partial charge on any atom is 0.227 e. The molecule has 0 unspecified atom stereocenters. The summed E-state index contributed by atoms with van der Waals surface area (Å²) < 4.78 is 1.95. The van der Waals surface area contributed by atoms with Crippen LogP contribution in [0.2, 0.25) is 0 Å². The second kappa shape index (κ2) is 7.17. The van der Waals surface area contributed by atoms with E-state index in [0.717, 1.165) is 43.0 Å². The maximum absolute atomic E-state index is 12.6. The van der Waals surface area contributed by atoms with Gasteiger partial charge in [-0.25, -0.2) is 0 Å². The number of likely N-dealkylation sites (tertiary alicyclic amines) is 1. The number of carbonyl (C=O) groups excluding carboxylic acids is 1. The van der Waals surface area contributed by atoms with Crippen LogP contribution < -0.4 is 0 Å². The van der Waals surface area contributed by atoms with Crippen LogP contribution in [0.5, 0.6) is 0 Å². The van der Waals surface area contributed by atoms with Crippen molar-refractivity contribution in [1.29, 1.82) is 0 Å². The molecule has 1 atom stereocenters. The quantitative estimate of drug-likeness (QED) is 0.842. The van der Waals surface area contributed by atoms with Crippen LogP contribution >= 0.6 is 0 Å². The molecule has 1 saturated heterocycles. The van der Waals surface area contributed by atoms with Crippen molar-refractivity contribution in [2.75, 3.05) is 13.1 Å². The molecule has 3 heterocycles. The first kappa shape index (κ1) is 18.5. The first-order valence-corrected chi connectivity index (χ1v) is 9.42. The number of hydrogen-bond acceptors (Lipinski definition) is 4. The monoisotopic (exact) mass is 355 g/mol. The molecule has 0 aliphatic carbocycles. The van der Waals surface area contributed by atoms with E-state index in [1.54, 1.807) is 6.20 Å². The van der Waals surface area contributed by atoms with Crippen LogP contribution in [0.3, 0.4) is 0 Å². The third-order valence-corrected chi connectivity index (χ3v) is 4.86. The summed E-state index contributed by atoms with van der Waals surface area (Å²) in [4.78, 5) is 23.9. The Morgan fingerprint density at radius 1 is 1.23 bits per heavy atom. The van der Waals surface area contributed by atoms with Crippen molar-refractivity contribution in [2.45, 2.75) is 59.4 Å². The lowest BCUT2D eigenvalue weighted by Gasteiger charge is -2.36. The van der Waals surface area contributed by atoms with E-state index >= 15 is 0 Å². The zero-order valence-corrected chi connectivity index (χ0v) is 16.4. The fourth-order valence-electron chi connectivity index (χ4n) is 3.49. The molecule has 2 aromatic heterocycles. The molecule has 140 valence electrons. The van der Waals surface area contributed by atoms with Crippen molar-refractivity contribution < 1.29 is 4.79 Å². The molecule has 1 aliphatic rings. The van der Waals surface area contributed by atoms with Gasteiger partial charge >= 0.3 is 0 Å². The van der Waals surface area contributed by atoms with Gasteiger partial charge in [0.15, 0.2) is 0 Å². The smallest absolute Gasteiger partial charge is 0.227 e. The predicted molar refractivity (Wildman–Crippen MR) is 102 cm³/mol. The van der Waals surface area contributed by atoms with Crippen molar-refractivity contribution >= 4 is 5.91 Å². The first-order chi connectivity index (χ1) is 12.3. The predicted octanol–water partition coefficient (Wildman–Crippen LogP) is 3.67. The highest BCUT2D eigenvalue weighted by molar-refractivity contribution is 5.81. The summed E-state index contributed by atoms with van der Waals surface area (Å²) in [7, 11) is 0. The first-order valence-electron chi connectivity index (χ1n) is 9.42. The third-order valence-electron chi connectivity index (χ3n) is 4.86. The van der Waals surface area contributed by atoms with Crippen LogP contribution in [0, 0.1) is 5.41 Å². The number of nitrogens with zero attached hydrogens (tertiary/aromatic N) is 5. The fourth-order valence-corrected chi connectivity index (χ4v) is 3.49. The van der Waals surface area contributed by atoms with Crippen LogP contribution in [0.15, 0.2) is 24.7 Å².